The van der Waals surface area contributed by atoms with E-state index in [4.69, 9.17) is 5.73 Å². The van der Waals surface area contributed by atoms with E-state index in [1.54, 1.807) is 0 Å². The third kappa shape index (κ3) is 2.93. The Labute approximate surface area is 74.0 Å². The van der Waals surface area contributed by atoms with Crippen molar-refractivity contribution in [3.63, 3.8) is 0 Å². The summed E-state index contributed by atoms with van der Waals surface area (Å²) in [6, 6.07) is 0. The molecule has 2 nitrogen and oxygen atoms in total. The molecule has 2 N–H and O–H groups in total. The maximum absolute atomic E-state index is 5.64. The molecule has 12 heavy (non-hydrogen) atoms. The molecule has 0 aromatic carbocycles. The molecule has 0 aromatic rings. The Morgan fingerprint density at radius 2 is 2.17 bits per heavy atom. The highest BCUT2D eigenvalue weighted by Gasteiger charge is 1.98. The van der Waals surface area contributed by atoms with Gasteiger partial charge in [-0.05, 0) is 32.7 Å². The minimum Gasteiger partial charge on any atom is -0.399 e. The van der Waals surface area contributed by atoms with Crippen LogP contribution < -0.4 is 5.73 Å². The van der Waals surface area contributed by atoms with Crippen molar-refractivity contribution in [2.45, 2.75) is 6.42 Å². The lowest BCUT2D eigenvalue weighted by Crippen LogP contribution is -2.14. The van der Waals surface area contributed by atoms with Gasteiger partial charge in [0, 0.05) is 12.2 Å². The number of allylic oxidation sites excluding steroid dienone is 4. The van der Waals surface area contributed by atoms with E-state index in [-0.39, 0.29) is 0 Å². The number of rotatable bonds is 2. The van der Waals surface area contributed by atoms with Gasteiger partial charge in [0.1, 0.15) is 0 Å². The van der Waals surface area contributed by atoms with E-state index in [9.17, 15) is 0 Å². The Bertz CT molecular complexity index is 234. The molecule has 0 aromatic heterocycles. The third-order valence-electron chi connectivity index (χ3n) is 1.72. The lowest BCUT2D eigenvalue weighted by atomic mass is 10.2. The fraction of sp³-hybridized carbons (Fsp3) is 0.400. The van der Waals surface area contributed by atoms with Crippen LogP contribution >= 0.6 is 0 Å². The van der Waals surface area contributed by atoms with Crippen LogP contribution in [0.1, 0.15) is 6.42 Å². The first-order valence-corrected chi connectivity index (χ1v) is 4.15. The molecule has 0 fully saturated rings. The van der Waals surface area contributed by atoms with Crippen LogP contribution in [-0.2, 0) is 0 Å². The van der Waals surface area contributed by atoms with Crippen molar-refractivity contribution in [3.05, 3.63) is 35.6 Å². The van der Waals surface area contributed by atoms with Crippen LogP contribution in [0.5, 0.6) is 0 Å². The number of hydrogen-bond acceptors (Lipinski definition) is 2. The minimum atomic E-state index is 0.837. The molecule has 0 bridgehead atoms. The fourth-order valence-electron chi connectivity index (χ4n) is 1.21. The van der Waals surface area contributed by atoms with Crippen LogP contribution in [0.3, 0.4) is 0 Å². The van der Waals surface area contributed by atoms with Crippen molar-refractivity contribution < 1.29 is 0 Å². The average Bonchev–Trinajstić information content (AvgIpc) is 2.15. The summed E-state index contributed by atoms with van der Waals surface area (Å²) < 4.78 is 0. The zero-order chi connectivity index (χ0) is 8.97. The molecule has 1 rings (SSSR count). The quantitative estimate of drug-likeness (QED) is 0.666. The molecule has 0 saturated heterocycles. The van der Waals surface area contributed by atoms with Crippen LogP contribution in [-0.4, -0.2) is 25.5 Å². The first-order chi connectivity index (χ1) is 5.68. The topological polar surface area (TPSA) is 29.3 Å². The van der Waals surface area contributed by atoms with Gasteiger partial charge < -0.3 is 10.6 Å². The Balaban J connectivity index is 2.61. The summed E-state index contributed by atoms with van der Waals surface area (Å²) in [5, 5.41) is 0. The number of nitrogens with two attached hydrogens (primary N) is 1. The summed E-state index contributed by atoms with van der Waals surface area (Å²) in [6.45, 7) is 1.01. The summed E-state index contributed by atoms with van der Waals surface area (Å²) in [5.41, 5.74) is 7.88. The zero-order valence-electron chi connectivity index (χ0n) is 7.75. The first-order valence-electron chi connectivity index (χ1n) is 4.15. The molecular weight excluding hydrogens is 148 g/mol. The first kappa shape index (κ1) is 9.07. The average molecular weight is 164 g/mol. The molecule has 0 amide bonds. The Kier molecular flexibility index (Phi) is 3.11. The van der Waals surface area contributed by atoms with E-state index in [0.717, 1.165) is 18.7 Å². The van der Waals surface area contributed by atoms with Gasteiger partial charge in [0.25, 0.3) is 0 Å². The van der Waals surface area contributed by atoms with Gasteiger partial charge in [-0.2, -0.15) is 0 Å². The number of likely N-dealkylation sites (N-methyl/N-ethyl adjacent to an activating group) is 1. The van der Waals surface area contributed by atoms with Crippen LogP contribution in [0.25, 0.3) is 0 Å². The van der Waals surface area contributed by atoms with Gasteiger partial charge in [-0.1, -0.05) is 17.7 Å². The van der Waals surface area contributed by atoms with Gasteiger partial charge in [-0.25, -0.2) is 0 Å². The highest BCUT2D eigenvalue weighted by atomic mass is 15.0. The van der Waals surface area contributed by atoms with E-state index in [1.165, 1.54) is 5.57 Å². The molecule has 1 aliphatic rings. The van der Waals surface area contributed by atoms with Crippen LogP contribution in [0.4, 0.5) is 0 Å². The summed E-state index contributed by atoms with van der Waals surface area (Å²) in [5.74, 6) is 0. The molecule has 0 aliphatic heterocycles. The van der Waals surface area contributed by atoms with Gasteiger partial charge >= 0.3 is 0 Å². The highest BCUT2D eigenvalue weighted by Crippen LogP contribution is 2.09. The second kappa shape index (κ2) is 4.12. The van der Waals surface area contributed by atoms with Crippen molar-refractivity contribution in [1.82, 2.24) is 4.90 Å². The van der Waals surface area contributed by atoms with Crippen molar-refractivity contribution in [2.24, 2.45) is 5.73 Å². The maximum atomic E-state index is 5.64. The van der Waals surface area contributed by atoms with Gasteiger partial charge in [0.15, 0.2) is 0 Å². The van der Waals surface area contributed by atoms with E-state index in [0.29, 0.717) is 0 Å². The monoisotopic (exact) mass is 164 g/mol. The second-order valence-electron chi connectivity index (χ2n) is 3.34. The minimum absolute atomic E-state index is 0.837. The Morgan fingerprint density at radius 3 is 2.83 bits per heavy atom. The summed E-state index contributed by atoms with van der Waals surface area (Å²) in [4.78, 5) is 2.16. The van der Waals surface area contributed by atoms with E-state index in [2.05, 4.69) is 31.1 Å². The van der Waals surface area contributed by atoms with E-state index < -0.39 is 0 Å². The Hall–Kier alpha value is -1.02. The van der Waals surface area contributed by atoms with E-state index in [1.807, 2.05) is 12.2 Å². The lowest BCUT2D eigenvalue weighted by molar-refractivity contribution is 0.442. The fourth-order valence-corrected chi connectivity index (χ4v) is 1.21. The molecule has 0 spiro atoms. The Morgan fingerprint density at radius 1 is 1.42 bits per heavy atom. The number of hydrogen-bond donors (Lipinski definition) is 1. The molecule has 1 aliphatic carbocycles. The lowest BCUT2D eigenvalue weighted by Gasteiger charge is -2.10. The molecule has 0 radical (unpaired) electrons. The molecule has 2 heteroatoms. The van der Waals surface area contributed by atoms with Crippen molar-refractivity contribution in [1.29, 1.82) is 0 Å². The third-order valence-corrected chi connectivity index (χ3v) is 1.72. The predicted molar refractivity (Wildman–Crippen MR) is 52.7 cm³/mol. The van der Waals surface area contributed by atoms with Gasteiger partial charge in [-0.15, -0.1) is 0 Å². The van der Waals surface area contributed by atoms with Crippen molar-refractivity contribution in [2.75, 3.05) is 20.6 Å². The smallest absolute Gasteiger partial charge is 0.0310 e. The summed E-state index contributed by atoms with van der Waals surface area (Å²) in [7, 11) is 4.14. The van der Waals surface area contributed by atoms with Crippen molar-refractivity contribution in [3.8, 4) is 0 Å². The zero-order valence-corrected chi connectivity index (χ0v) is 7.75. The molecule has 0 heterocycles. The van der Waals surface area contributed by atoms with Crippen molar-refractivity contribution >= 4 is 0 Å². The SMILES string of the molecule is CN(C)CC1=CC=C(N)C=CC1. The molecule has 66 valence electrons. The van der Waals surface area contributed by atoms with Gasteiger partial charge in [-0.3, -0.25) is 0 Å². The second-order valence-corrected chi connectivity index (χ2v) is 3.34. The van der Waals surface area contributed by atoms with Crippen LogP contribution in [0.15, 0.2) is 35.6 Å². The van der Waals surface area contributed by atoms with Crippen LogP contribution in [0.2, 0.25) is 0 Å². The standard InChI is InChI=1S/C10H16N2/c1-12(2)8-9-4-3-5-10(11)7-6-9/h3,5-7H,4,8,11H2,1-2H3. The highest BCUT2D eigenvalue weighted by molar-refractivity contribution is 5.29. The summed E-state index contributed by atoms with van der Waals surface area (Å²) >= 11 is 0. The molecular formula is C10H16N2. The van der Waals surface area contributed by atoms with Crippen LogP contribution in [0, 0.1) is 0 Å². The largest absolute Gasteiger partial charge is 0.399 e. The van der Waals surface area contributed by atoms with E-state index >= 15 is 0 Å². The normalized spacial score (nSPS) is 17.2. The molecule has 0 atom stereocenters. The molecule has 0 saturated carbocycles. The number of nitrogens with zero attached hydrogens (tertiary/aromatic N) is 1. The maximum Gasteiger partial charge on any atom is 0.0310 e. The van der Waals surface area contributed by atoms with Gasteiger partial charge in [0.05, 0.1) is 0 Å². The summed E-state index contributed by atoms with van der Waals surface area (Å²) in [6.07, 6.45) is 9.14. The molecule has 0 unspecified atom stereocenters. The predicted octanol–water partition coefficient (Wildman–Crippen LogP) is 1.28. The van der Waals surface area contributed by atoms with Gasteiger partial charge in [0.2, 0.25) is 0 Å².